The molecule has 0 saturated heterocycles. The fourth-order valence-corrected chi connectivity index (χ4v) is 1.49. The van der Waals surface area contributed by atoms with Crippen LogP contribution < -0.4 is 0 Å². The Morgan fingerprint density at radius 1 is 1.00 bits per heavy atom. The number of H-pyrrole nitrogens is 2. The average molecular weight is 202 g/mol. The lowest BCUT2D eigenvalue weighted by Crippen LogP contribution is -1.84. The molecule has 0 spiro atoms. The second kappa shape index (κ2) is 3.69. The van der Waals surface area contributed by atoms with Gasteiger partial charge in [-0.05, 0) is 43.7 Å². The van der Waals surface area contributed by atoms with Crippen LogP contribution in [0.3, 0.4) is 0 Å². The maximum Gasteiger partial charge on any atom is 0.125 e. The molecule has 0 unspecified atom stereocenters. The fourth-order valence-electron chi connectivity index (χ4n) is 1.49. The number of rotatable bonds is 0. The van der Waals surface area contributed by atoms with Gasteiger partial charge in [0.05, 0.1) is 5.52 Å². The average Bonchev–Trinajstić information content (AvgIpc) is 2.21. The minimum absolute atomic E-state index is 0.276. The van der Waals surface area contributed by atoms with Crippen molar-refractivity contribution in [3.05, 3.63) is 41.6 Å². The van der Waals surface area contributed by atoms with Gasteiger partial charge >= 0.3 is 0 Å². The number of nitrogens with one attached hydrogen (secondary N) is 2. The van der Waals surface area contributed by atoms with E-state index >= 15 is 0 Å². The van der Waals surface area contributed by atoms with Crippen molar-refractivity contribution in [1.29, 1.82) is 0 Å². The van der Waals surface area contributed by atoms with E-state index in [-0.39, 0.29) is 5.75 Å². The number of hydrogen-bond acceptors (Lipinski definition) is 1. The third-order valence-electron chi connectivity index (χ3n) is 2.34. The molecule has 78 valence electrons. The van der Waals surface area contributed by atoms with E-state index in [0.717, 1.165) is 22.2 Å². The Labute approximate surface area is 88.1 Å². The number of aromatic nitrogens is 2. The molecule has 0 saturated carbocycles. The van der Waals surface area contributed by atoms with Gasteiger partial charge in [-0.25, -0.2) is 0 Å². The first-order valence-corrected chi connectivity index (χ1v) is 4.87. The van der Waals surface area contributed by atoms with Gasteiger partial charge in [-0.3, -0.25) is 0 Å². The van der Waals surface area contributed by atoms with E-state index in [2.05, 4.69) is 10.2 Å². The van der Waals surface area contributed by atoms with Crippen molar-refractivity contribution < 1.29 is 5.11 Å². The normalized spacial score (nSPS) is 10.3. The van der Waals surface area contributed by atoms with Crippen LogP contribution in [0.4, 0.5) is 0 Å². The van der Waals surface area contributed by atoms with E-state index in [9.17, 15) is 5.11 Å². The van der Waals surface area contributed by atoms with Crippen LogP contribution >= 0.6 is 0 Å². The van der Waals surface area contributed by atoms with Gasteiger partial charge in [0.15, 0.2) is 0 Å². The van der Waals surface area contributed by atoms with Gasteiger partial charge in [0.2, 0.25) is 0 Å². The van der Waals surface area contributed by atoms with Gasteiger partial charge in [0.1, 0.15) is 5.75 Å². The van der Waals surface area contributed by atoms with Crippen LogP contribution in [0, 0.1) is 13.8 Å². The van der Waals surface area contributed by atoms with Gasteiger partial charge in [-0.15, -0.1) is 0 Å². The Balaban J connectivity index is 2.88. The molecule has 0 atom stereocenters. The molecule has 2 rings (SSSR count). The molecule has 1 heterocycles. The maximum absolute atomic E-state index is 9.82. The molecule has 3 nitrogen and oxygen atoms in total. The Morgan fingerprint density at radius 2 is 1.80 bits per heavy atom. The quantitative estimate of drug-likeness (QED) is 0.604. The highest BCUT2D eigenvalue weighted by Gasteiger charge is 1.96. The minimum atomic E-state index is 0.276. The molecular weight excluding hydrogens is 188 g/mol. The molecule has 0 fully saturated rings. The first-order chi connectivity index (χ1) is 7.16. The summed E-state index contributed by atoms with van der Waals surface area (Å²) in [4.78, 5) is 0. The van der Waals surface area contributed by atoms with E-state index in [1.54, 1.807) is 6.07 Å². The van der Waals surface area contributed by atoms with Crippen molar-refractivity contribution in [3.8, 4) is 5.75 Å². The molecule has 0 aliphatic carbocycles. The Morgan fingerprint density at radius 3 is 2.60 bits per heavy atom. The number of aromatic amines is 2. The fraction of sp³-hybridized carbons (Fsp3) is 0.167. The zero-order chi connectivity index (χ0) is 10.8. The Hall–Kier alpha value is -1.90. The van der Waals surface area contributed by atoms with Crippen LogP contribution in [0.1, 0.15) is 11.3 Å². The molecule has 0 bridgehead atoms. The molecule has 1 aromatic carbocycles. The van der Waals surface area contributed by atoms with Gasteiger partial charge in [0, 0.05) is 11.1 Å². The van der Waals surface area contributed by atoms with Crippen LogP contribution in [0.25, 0.3) is 10.9 Å². The van der Waals surface area contributed by atoms with Crippen LogP contribution in [-0.2, 0) is 0 Å². The second-order valence-electron chi connectivity index (χ2n) is 3.70. The largest absolute Gasteiger partial charge is 0.507 e. The summed E-state index contributed by atoms with van der Waals surface area (Å²) in [7, 11) is 0. The predicted octanol–water partition coefficient (Wildman–Crippen LogP) is 2.94. The SMILES string of the molecule is Cc1ccc2c(O)ccc(C)[nH][nH]c2c1. The van der Waals surface area contributed by atoms with Crippen LogP contribution in [0.2, 0.25) is 0 Å². The van der Waals surface area contributed by atoms with E-state index in [0.29, 0.717) is 0 Å². The zero-order valence-electron chi connectivity index (χ0n) is 8.83. The van der Waals surface area contributed by atoms with Crippen LogP contribution in [-0.4, -0.2) is 15.3 Å². The number of hydrogen-bond donors (Lipinski definition) is 3. The van der Waals surface area contributed by atoms with Gasteiger partial charge in [0.25, 0.3) is 0 Å². The zero-order valence-corrected chi connectivity index (χ0v) is 8.83. The summed E-state index contributed by atoms with van der Waals surface area (Å²) < 4.78 is 0. The molecular formula is C12H14N2O. The topological polar surface area (TPSA) is 51.8 Å². The third kappa shape index (κ3) is 1.96. The van der Waals surface area contributed by atoms with E-state index in [1.807, 2.05) is 38.1 Å². The number of benzene rings is 1. The lowest BCUT2D eigenvalue weighted by atomic mass is 10.1. The first-order valence-electron chi connectivity index (χ1n) is 4.87. The summed E-state index contributed by atoms with van der Waals surface area (Å²) in [6.07, 6.45) is 0. The summed E-state index contributed by atoms with van der Waals surface area (Å²) in [5, 5.41) is 16.7. The van der Waals surface area contributed by atoms with Crippen LogP contribution in [0.15, 0.2) is 30.3 Å². The van der Waals surface area contributed by atoms with Gasteiger partial charge in [-0.1, -0.05) is 6.07 Å². The number of fused-ring (bicyclic) bond motifs is 1. The lowest BCUT2D eigenvalue weighted by Gasteiger charge is -2.01. The van der Waals surface area contributed by atoms with Gasteiger partial charge < -0.3 is 15.3 Å². The maximum atomic E-state index is 9.82. The summed E-state index contributed by atoms with van der Waals surface area (Å²) in [5.41, 5.74) is 2.99. The smallest absolute Gasteiger partial charge is 0.125 e. The Kier molecular flexibility index (Phi) is 2.37. The highest BCUT2D eigenvalue weighted by Crippen LogP contribution is 2.21. The van der Waals surface area contributed by atoms with E-state index in [4.69, 9.17) is 0 Å². The molecule has 15 heavy (non-hydrogen) atoms. The standard InChI is InChI=1S/C12H14N2O/c1-8-3-5-10-11(7-8)14-13-9(2)4-6-12(10)15/h3-7,13-15H,1-2H3. The molecule has 3 heteroatoms. The molecule has 0 aliphatic rings. The Bertz CT molecular complexity index is 536. The summed E-state index contributed by atoms with van der Waals surface area (Å²) in [5.74, 6) is 0.276. The molecule has 3 N–H and O–H groups in total. The molecule has 2 aromatic rings. The summed E-state index contributed by atoms with van der Waals surface area (Å²) in [6, 6.07) is 9.38. The highest BCUT2D eigenvalue weighted by atomic mass is 16.3. The van der Waals surface area contributed by atoms with Gasteiger partial charge in [-0.2, -0.15) is 0 Å². The van der Waals surface area contributed by atoms with Crippen molar-refractivity contribution in [2.75, 3.05) is 0 Å². The first kappa shape index (κ1) is 9.65. The molecule has 0 amide bonds. The van der Waals surface area contributed by atoms with Crippen molar-refractivity contribution in [2.45, 2.75) is 13.8 Å². The summed E-state index contributed by atoms with van der Waals surface area (Å²) >= 11 is 0. The second-order valence-corrected chi connectivity index (χ2v) is 3.70. The lowest BCUT2D eigenvalue weighted by molar-refractivity contribution is 0.481. The molecule has 1 aromatic heterocycles. The molecule has 0 aliphatic heterocycles. The van der Waals surface area contributed by atoms with Crippen molar-refractivity contribution in [3.63, 3.8) is 0 Å². The molecule has 0 radical (unpaired) electrons. The van der Waals surface area contributed by atoms with Crippen molar-refractivity contribution in [2.24, 2.45) is 0 Å². The number of aromatic hydroxyl groups is 1. The van der Waals surface area contributed by atoms with E-state index in [1.165, 1.54) is 0 Å². The summed E-state index contributed by atoms with van der Waals surface area (Å²) in [6.45, 7) is 3.95. The third-order valence-corrected chi connectivity index (χ3v) is 2.34. The van der Waals surface area contributed by atoms with E-state index < -0.39 is 0 Å². The monoisotopic (exact) mass is 202 g/mol. The van der Waals surface area contributed by atoms with Crippen molar-refractivity contribution in [1.82, 2.24) is 10.2 Å². The highest BCUT2D eigenvalue weighted by molar-refractivity contribution is 5.83. The number of aryl methyl sites for hydroxylation is 2. The predicted molar refractivity (Wildman–Crippen MR) is 61.4 cm³/mol. The van der Waals surface area contributed by atoms with Crippen LogP contribution in [0.5, 0.6) is 5.75 Å². The minimum Gasteiger partial charge on any atom is -0.507 e. The van der Waals surface area contributed by atoms with Crippen molar-refractivity contribution >= 4 is 10.9 Å².